The van der Waals surface area contributed by atoms with Gasteiger partial charge in [0.15, 0.2) is 5.13 Å². The van der Waals surface area contributed by atoms with Crippen molar-refractivity contribution in [3.63, 3.8) is 0 Å². The largest absolute Gasteiger partial charge is 0.462 e. The number of aromatic nitrogens is 3. The van der Waals surface area contributed by atoms with Crippen molar-refractivity contribution in [2.75, 3.05) is 11.9 Å². The van der Waals surface area contributed by atoms with Crippen LogP contribution in [0.2, 0.25) is 0 Å². The van der Waals surface area contributed by atoms with Gasteiger partial charge in [0.05, 0.1) is 18.0 Å². The van der Waals surface area contributed by atoms with Crippen molar-refractivity contribution in [2.24, 2.45) is 0 Å². The summed E-state index contributed by atoms with van der Waals surface area (Å²) < 4.78 is 6.08. The SMILES string of the molecule is CCOC(=O)c1sc(NC(=O)Cn2nc(-c3ccc(C)cc3C)ccc2=O)nc1C. The van der Waals surface area contributed by atoms with E-state index in [-0.39, 0.29) is 23.8 Å². The lowest BCUT2D eigenvalue weighted by Gasteiger charge is -2.09. The summed E-state index contributed by atoms with van der Waals surface area (Å²) in [7, 11) is 0. The zero-order valence-electron chi connectivity index (χ0n) is 17.2. The van der Waals surface area contributed by atoms with Crippen LogP contribution in [0.5, 0.6) is 0 Å². The smallest absolute Gasteiger partial charge is 0.350 e. The molecule has 3 aromatic rings. The third-order valence-corrected chi connectivity index (χ3v) is 5.37. The molecule has 0 saturated heterocycles. The zero-order valence-corrected chi connectivity index (χ0v) is 18.0. The van der Waals surface area contributed by atoms with Crippen LogP contribution < -0.4 is 10.9 Å². The molecular formula is C21H22N4O4S. The molecule has 2 aromatic heterocycles. The lowest BCUT2D eigenvalue weighted by atomic mass is 10.0. The van der Waals surface area contributed by atoms with Crippen molar-refractivity contribution in [1.82, 2.24) is 14.8 Å². The fourth-order valence-electron chi connectivity index (χ4n) is 2.94. The van der Waals surface area contributed by atoms with Crippen LogP contribution in [-0.4, -0.2) is 33.2 Å². The van der Waals surface area contributed by atoms with E-state index in [0.29, 0.717) is 16.3 Å². The lowest BCUT2D eigenvalue weighted by molar-refractivity contribution is -0.117. The predicted octanol–water partition coefficient (Wildman–Crippen LogP) is 3.11. The Kier molecular flexibility index (Phi) is 6.41. The van der Waals surface area contributed by atoms with Gasteiger partial charge in [-0.2, -0.15) is 5.10 Å². The van der Waals surface area contributed by atoms with Crippen molar-refractivity contribution in [2.45, 2.75) is 34.2 Å². The topological polar surface area (TPSA) is 103 Å². The average molecular weight is 426 g/mol. The molecule has 0 spiro atoms. The number of carbonyl (C=O) groups excluding carboxylic acids is 2. The van der Waals surface area contributed by atoms with Crippen molar-refractivity contribution in [3.05, 3.63) is 62.4 Å². The number of nitrogens with one attached hydrogen (secondary N) is 1. The highest BCUT2D eigenvalue weighted by atomic mass is 32.1. The summed E-state index contributed by atoms with van der Waals surface area (Å²) in [5.74, 6) is -0.946. The molecule has 30 heavy (non-hydrogen) atoms. The van der Waals surface area contributed by atoms with Gasteiger partial charge in [-0.3, -0.25) is 9.59 Å². The minimum absolute atomic E-state index is 0.253. The number of esters is 1. The van der Waals surface area contributed by atoms with Gasteiger partial charge >= 0.3 is 5.97 Å². The Bertz CT molecular complexity index is 1170. The molecule has 156 valence electrons. The van der Waals surface area contributed by atoms with Gasteiger partial charge in [0.1, 0.15) is 11.4 Å². The fraction of sp³-hybridized carbons (Fsp3) is 0.286. The van der Waals surface area contributed by atoms with Crippen LogP contribution in [0.15, 0.2) is 35.1 Å². The second-order valence-corrected chi connectivity index (χ2v) is 7.73. The molecule has 0 aliphatic rings. The molecule has 1 aromatic carbocycles. The van der Waals surface area contributed by atoms with Crippen molar-refractivity contribution < 1.29 is 14.3 Å². The van der Waals surface area contributed by atoms with E-state index in [1.807, 2.05) is 32.0 Å². The first-order valence-corrected chi connectivity index (χ1v) is 10.2. The summed E-state index contributed by atoms with van der Waals surface area (Å²) >= 11 is 1.03. The third-order valence-electron chi connectivity index (χ3n) is 4.32. The molecule has 0 bridgehead atoms. The molecular weight excluding hydrogens is 404 g/mol. The number of rotatable bonds is 6. The second kappa shape index (κ2) is 9.00. The average Bonchev–Trinajstić information content (AvgIpc) is 3.04. The molecule has 0 radical (unpaired) electrons. The number of thiazole rings is 1. The Balaban J connectivity index is 1.78. The lowest BCUT2D eigenvalue weighted by Crippen LogP contribution is -2.29. The number of hydrogen-bond donors (Lipinski definition) is 1. The summed E-state index contributed by atoms with van der Waals surface area (Å²) in [6, 6.07) is 8.98. The van der Waals surface area contributed by atoms with Crippen LogP contribution in [0.1, 0.15) is 33.4 Å². The molecule has 0 aliphatic carbocycles. The molecule has 0 fully saturated rings. The predicted molar refractivity (Wildman–Crippen MR) is 115 cm³/mol. The number of benzene rings is 1. The maximum absolute atomic E-state index is 12.4. The fourth-order valence-corrected chi connectivity index (χ4v) is 3.81. The highest BCUT2D eigenvalue weighted by Crippen LogP contribution is 2.24. The standard InChI is InChI=1S/C21H22N4O4S/c1-5-29-20(28)19-14(4)22-21(30-19)23-17(26)11-25-18(27)9-8-16(24-25)15-7-6-12(2)10-13(15)3/h6-10H,5,11H2,1-4H3,(H,22,23,26). The van der Waals surface area contributed by atoms with Gasteiger partial charge in [-0.25, -0.2) is 14.5 Å². The van der Waals surface area contributed by atoms with Crippen LogP contribution >= 0.6 is 11.3 Å². The minimum atomic E-state index is -0.480. The molecule has 2 heterocycles. The molecule has 1 amide bonds. The van der Waals surface area contributed by atoms with Crippen LogP contribution in [0.3, 0.4) is 0 Å². The summed E-state index contributed by atoms with van der Waals surface area (Å²) in [5.41, 5.74) is 3.74. The highest BCUT2D eigenvalue weighted by Gasteiger charge is 2.18. The normalized spacial score (nSPS) is 10.7. The van der Waals surface area contributed by atoms with Gasteiger partial charge in [-0.05, 0) is 39.3 Å². The minimum Gasteiger partial charge on any atom is -0.462 e. The first-order valence-electron chi connectivity index (χ1n) is 9.38. The summed E-state index contributed by atoms with van der Waals surface area (Å²) in [6.07, 6.45) is 0. The van der Waals surface area contributed by atoms with Crippen LogP contribution in [0.25, 0.3) is 11.3 Å². The molecule has 8 nitrogen and oxygen atoms in total. The molecule has 0 saturated carbocycles. The van der Waals surface area contributed by atoms with E-state index in [1.165, 1.54) is 6.07 Å². The van der Waals surface area contributed by atoms with E-state index in [2.05, 4.69) is 15.4 Å². The number of ether oxygens (including phenoxy) is 1. The van der Waals surface area contributed by atoms with Crippen molar-refractivity contribution >= 4 is 28.3 Å². The van der Waals surface area contributed by atoms with Gasteiger partial charge in [0.25, 0.3) is 5.56 Å². The van der Waals surface area contributed by atoms with Gasteiger partial charge in [-0.15, -0.1) is 0 Å². The summed E-state index contributed by atoms with van der Waals surface area (Å²) in [4.78, 5) is 41.1. The highest BCUT2D eigenvalue weighted by molar-refractivity contribution is 7.17. The van der Waals surface area contributed by atoms with Crippen LogP contribution in [-0.2, 0) is 16.1 Å². The van der Waals surface area contributed by atoms with Crippen molar-refractivity contribution in [3.8, 4) is 11.3 Å². The number of nitrogens with zero attached hydrogens (tertiary/aromatic N) is 3. The van der Waals surface area contributed by atoms with E-state index >= 15 is 0 Å². The Hall–Kier alpha value is -3.33. The molecule has 9 heteroatoms. The first-order chi connectivity index (χ1) is 14.3. The Labute approximate surface area is 177 Å². The monoisotopic (exact) mass is 426 g/mol. The van der Waals surface area contributed by atoms with Gasteiger partial charge in [-0.1, -0.05) is 35.1 Å². The maximum atomic E-state index is 12.4. The zero-order chi connectivity index (χ0) is 21.8. The molecule has 0 aliphatic heterocycles. The molecule has 1 N–H and O–H groups in total. The van der Waals surface area contributed by atoms with Gasteiger partial charge in [0.2, 0.25) is 5.91 Å². The maximum Gasteiger partial charge on any atom is 0.350 e. The quantitative estimate of drug-likeness (QED) is 0.608. The van der Waals surface area contributed by atoms with Gasteiger partial charge in [0, 0.05) is 11.6 Å². The first kappa shape index (κ1) is 21.4. The van der Waals surface area contributed by atoms with Gasteiger partial charge < -0.3 is 10.1 Å². The number of anilines is 1. The molecule has 0 unspecified atom stereocenters. The van der Waals surface area contributed by atoms with E-state index in [1.54, 1.807) is 19.9 Å². The summed E-state index contributed by atoms with van der Waals surface area (Å²) in [5, 5.41) is 7.22. The van der Waals surface area contributed by atoms with E-state index in [9.17, 15) is 14.4 Å². The Morgan fingerprint density at radius 2 is 1.93 bits per heavy atom. The molecule has 3 rings (SSSR count). The van der Waals surface area contributed by atoms with Crippen LogP contribution in [0, 0.1) is 20.8 Å². The number of hydrogen-bond acceptors (Lipinski definition) is 7. The van der Waals surface area contributed by atoms with E-state index in [4.69, 9.17) is 4.74 Å². The number of amides is 1. The number of aryl methyl sites for hydroxylation is 3. The summed E-state index contributed by atoms with van der Waals surface area (Å²) in [6.45, 7) is 7.33. The third kappa shape index (κ3) is 4.80. The van der Waals surface area contributed by atoms with Crippen LogP contribution in [0.4, 0.5) is 5.13 Å². The van der Waals surface area contributed by atoms with E-state index < -0.39 is 11.9 Å². The van der Waals surface area contributed by atoms with E-state index in [0.717, 1.165) is 32.7 Å². The molecule has 0 atom stereocenters. The number of carbonyl (C=O) groups is 2. The Morgan fingerprint density at radius 3 is 2.63 bits per heavy atom. The second-order valence-electron chi connectivity index (χ2n) is 6.74. The Morgan fingerprint density at radius 1 is 1.17 bits per heavy atom. The van der Waals surface area contributed by atoms with Crippen molar-refractivity contribution in [1.29, 1.82) is 0 Å².